The van der Waals surface area contributed by atoms with Gasteiger partial charge in [-0.05, 0) is 34.6 Å². The minimum absolute atomic E-state index is 0.321. The molecule has 0 aromatic carbocycles. The second kappa shape index (κ2) is 4.65. The van der Waals surface area contributed by atoms with Crippen molar-refractivity contribution in [3.63, 3.8) is 0 Å². The van der Waals surface area contributed by atoms with Crippen molar-refractivity contribution < 1.29 is 18.8 Å². The van der Waals surface area contributed by atoms with Crippen LogP contribution < -0.4 is 5.46 Å². The van der Waals surface area contributed by atoms with E-state index >= 15 is 0 Å². The lowest BCUT2D eigenvalue weighted by molar-refractivity contribution is 0.0514. The molecular formula is C12H19BN2O4. The maximum absolute atomic E-state index is 11.8. The molecule has 2 heterocycles. The lowest BCUT2D eigenvalue weighted by Crippen LogP contribution is -2.34. The lowest BCUT2D eigenvalue weighted by atomic mass is 9.82. The van der Waals surface area contributed by atoms with Gasteiger partial charge in [-0.3, -0.25) is 0 Å². The fraction of sp³-hybridized carbons (Fsp3) is 0.667. The van der Waals surface area contributed by atoms with E-state index in [0.717, 1.165) is 4.68 Å². The standard InChI is InChI=1S/C12H19BN2O4/c1-11(2,3)18-10(16)15-7-9(6-14-15)13-17-8-12(4,5)19-13/h6-7H,8H2,1-5H3. The molecule has 6 nitrogen and oxygen atoms in total. The van der Waals surface area contributed by atoms with Crippen LogP contribution in [0.5, 0.6) is 0 Å². The van der Waals surface area contributed by atoms with Gasteiger partial charge in [0.2, 0.25) is 0 Å². The normalized spacial score (nSPS) is 18.7. The Bertz CT molecular complexity index is 478. The van der Waals surface area contributed by atoms with Gasteiger partial charge in [0.25, 0.3) is 0 Å². The molecular weight excluding hydrogens is 247 g/mol. The zero-order chi connectivity index (χ0) is 14.3. The molecule has 7 heteroatoms. The van der Waals surface area contributed by atoms with E-state index in [9.17, 15) is 4.79 Å². The van der Waals surface area contributed by atoms with E-state index in [0.29, 0.717) is 12.1 Å². The van der Waals surface area contributed by atoms with Crippen molar-refractivity contribution in [3.8, 4) is 0 Å². The van der Waals surface area contributed by atoms with Crippen molar-refractivity contribution in [1.82, 2.24) is 9.78 Å². The number of nitrogens with zero attached hydrogens (tertiary/aromatic N) is 2. The molecule has 0 amide bonds. The molecule has 1 aliphatic rings. The first-order chi connectivity index (χ1) is 8.66. The topological polar surface area (TPSA) is 62.6 Å². The zero-order valence-corrected chi connectivity index (χ0v) is 12.0. The van der Waals surface area contributed by atoms with Crippen LogP contribution in [0.4, 0.5) is 4.79 Å². The Balaban J connectivity index is 2.06. The Morgan fingerprint density at radius 1 is 1.53 bits per heavy atom. The first kappa shape index (κ1) is 14.1. The van der Waals surface area contributed by atoms with Gasteiger partial charge in [0.1, 0.15) is 5.60 Å². The predicted octanol–water partition coefficient (Wildman–Crippen LogP) is 1.19. The fourth-order valence-corrected chi connectivity index (χ4v) is 1.67. The average Bonchev–Trinajstić information content (AvgIpc) is 2.81. The fourth-order valence-electron chi connectivity index (χ4n) is 1.67. The van der Waals surface area contributed by atoms with E-state index in [1.807, 2.05) is 13.8 Å². The zero-order valence-electron chi connectivity index (χ0n) is 12.0. The molecule has 1 saturated heterocycles. The summed E-state index contributed by atoms with van der Waals surface area (Å²) in [7, 11) is -0.480. The van der Waals surface area contributed by atoms with Gasteiger partial charge in [-0.15, -0.1) is 0 Å². The molecule has 2 rings (SSSR count). The summed E-state index contributed by atoms with van der Waals surface area (Å²) in [6.45, 7) is 9.83. The Kier molecular flexibility index (Phi) is 3.44. The smallest absolute Gasteiger partial charge is 0.442 e. The quantitative estimate of drug-likeness (QED) is 0.714. The molecule has 1 aliphatic heterocycles. The van der Waals surface area contributed by atoms with Crippen molar-refractivity contribution in [2.45, 2.75) is 45.8 Å². The van der Waals surface area contributed by atoms with Gasteiger partial charge >= 0.3 is 13.2 Å². The van der Waals surface area contributed by atoms with Crippen LogP contribution in [0.25, 0.3) is 0 Å². The molecule has 1 aromatic rings. The molecule has 19 heavy (non-hydrogen) atoms. The van der Waals surface area contributed by atoms with Crippen LogP contribution in [-0.4, -0.2) is 40.8 Å². The number of aromatic nitrogens is 2. The van der Waals surface area contributed by atoms with E-state index in [1.165, 1.54) is 0 Å². The maximum atomic E-state index is 11.8. The number of hydrogen-bond acceptors (Lipinski definition) is 5. The van der Waals surface area contributed by atoms with Crippen LogP contribution in [0.3, 0.4) is 0 Å². The summed E-state index contributed by atoms with van der Waals surface area (Å²) in [5.41, 5.74) is -0.166. The van der Waals surface area contributed by atoms with Crippen LogP contribution in [0.15, 0.2) is 12.4 Å². The Labute approximate surface area is 113 Å². The predicted molar refractivity (Wildman–Crippen MR) is 70.4 cm³/mol. The highest BCUT2D eigenvalue weighted by Gasteiger charge is 2.39. The molecule has 0 N–H and O–H groups in total. The first-order valence-corrected chi connectivity index (χ1v) is 6.24. The molecule has 1 aromatic heterocycles. The average molecular weight is 266 g/mol. The minimum atomic E-state index is -0.550. The largest absolute Gasteiger partial charge is 0.497 e. The third-order valence-corrected chi connectivity index (χ3v) is 2.46. The molecule has 0 radical (unpaired) electrons. The second-order valence-corrected chi connectivity index (χ2v) is 6.22. The number of hydrogen-bond donors (Lipinski definition) is 0. The van der Waals surface area contributed by atoms with E-state index in [1.54, 1.807) is 33.2 Å². The Hall–Kier alpha value is -1.34. The summed E-state index contributed by atoms with van der Waals surface area (Å²) in [5, 5.41) is 3.97. The Morgan fingerprint density at radius 3 is 2.74 bits per heavy atom. The first-order valence-electron chi connectivity index (χ1n) is 6.24. The van der Waals surface area contributed by atoms with Gasteiger partial charge in [0, 0.05) is 17.9 Å². The highest BCUT2D eigenvalue weighted by Crippen LogP contribution is 2.19. The highest BCUT2D eigenvalue weighted by atomic mass is 16.7. The maximum Gasteiger partial charge on any atom is 0.497 e. The summed E-state index contributed by atoms with van der Waals surface area (Å²) >= 11 is 0. The molecule has 0 bridgehead atoms. The van der Waals surface area contributed by atoms with Crippen LogP contribution in [0.1, 0.15) is 34.6 Å². The summed E-state index contributed by atoms with van der Waals surface area (Å²) in [4.78, 5) is 11.8. The monoisotopic (exact) mass is 266 g/mol. The van der Waals surface area contributed by atoms with Crippen molar-refractivity contribution in [2.75, 3.05) is 6.61 Å². The van der Waals surface area contributed by atoms with Crippen LogP contribution in [0.2, 0.25) is 0 Å². The minimum Gasteiger partial charge on any atom is -0.442 e. The SMILES string of the molecule is CC(C)(C)OC(=O)n1cc(B2OCC(C)(C)O2)cn1. The number of carbonyl (C=O) groups is 1. The third-order valence-electron chi connectivity index (χ3n) is 2.46. The van der Waals surface area contributed by atoms with Crippen molar-refractivity contribution in [1.29, 1.82) is 0 Å². The molecule has 0 saturated carbocycles. The molecule has 1 fully saturated rings. The van der Waals surface area contributed by atoms with E-state index in [4.69, 9.17) is 14.0 Å². The van der Waals surface area contributed by atoms with E-state index < -0.39 is 18.8 Å². The van der Waals surface area contributed by atoms with Crippen LogP contribution >= 0.6 is 0 Å². The van der Waals surface area contributed by atoms with Gasteiger partial charge < -0.3 is 14.0 Å². The van der Waals surface area contributed by atoms with Crippen molar-refractivity contribution in [2.24, 2.45) is 0 Å². The summed E-state index contributed by atoms with van der Waals surface area (Å²) in [6.07, 6.45) is 2.60. The lowest BCUT2D eigenvalue weighted by Gasteiger charge is -2.18. The second-order valence-electron chi connectivity index (χ2n) is 6.22. The summed E-state index contributed by atoms with van der Waals surface area (Å²) in [5.74, 6) is 0. The Morgan fingerprint density at radius 2 is 2.21 bits per heavy atom. The van der Waals surface area contributed by atoms with Gasteiger partial charge in [-0.1, -0.05) is 0 Å². The van der Waals surface area contributed by atoms with Crippen molar-refractivity contribution in [3.05, 3.63) is 12.4 Å². The van der Waals surface area contributed by atoms with Gasteiger partial charge in [-0.25, -0.2) is 4.79 Å². The number of carbonyl (C=O) groups excluding carboxylic acids is 1. The molecule has 0 unspecified atom stereocenters. The molecule has 0 spiro atoms. The van der Waals surface area contributed by atoms with Gasteiger partial charge in [0.05, 0.1) is 12.2 Å². The molecule has 104 valence electrons. The highest BCUT2D eigenvalue weighted by molar-refractivity contribution is 6.61. The molecule has 0 atom stereocenters. The van der Waals surface area contributed by atoms with Gasteiger partial charge in [-0.2, -0.15) is 9.78 Å². The summed E-state index contributed by atoms with van der Waals surface area (Å²) in [6, 6.07) is 0. The van der Waals surface area contributed by atoms with E-state index in [-0.39, 0.29) is 5.60 Å². The van der Waals surface area contributed by atoms with Gasteiger partial charge in [0.15, 0.2) is 0 Å². The third kappa shape index (κ3) is 3.57. The number of rotatable bonds is 1. The van der Waals surface area contributed by atoms with Crippen LogP contribution in [-0.2, 0) is 14.0 Å². The van der Waals surface area contributed by atoms with Crippen LogP contribution in [0, 0.1) is 0 Å². The number of ether oxygens (including phenoxy) is 1. The van der Waals surface area contributed by atoms with Crippen molar-refractivity contribution >= 4 is 18.7 Å². The van der Waals surface area contributed by atoms with E-state index in [2.05, 4.69) is 5.10 Å². The summed E-state index contributed by atoms with van der Waals surface area (Å²) < 4.78 is 17.6. The molecule has 0 aliphatic carbocycles.